The van der Waals surface area contributed by atoms with Crippen LogP contribution in [0.5, 0.6) is 0 Å². The predicted octanol–water partition coefficient (Wildman–Crippen LogP) is 6.22. The molecule has 0 radical (unpaired) electrons. The Balaban J connectivity index is 1.58. The third-order valence-corrected chi connectivity index (χ3v) is 7.88. The van der Waals surface area contributed by atoms with Crippen molar-refractivity contribution in [2.75, 3.05) is 25.1 Å². The van der Waals surface area contributed by atoms with Crippen LogP contribution in [0.1, 0.15) is 84.0 Å². The Hall–Kier alpha value is -4.68. The molecule has 5 N–H and O–H groups in total. The fourth-order valence-corrected chi connectivity index (χ4v) is 4.85. The summed E-state index contributed by atoms with van der Waals surface area (Å²) < 4.78 is 1.72. The SMILES string of the molecule is CCC=CCC=CCC=CCC=CCC=CCC=CCCC(=O)NCCCCC(C(=O)O)C(=O)Nc1ncc2ncn(CCC(CO)CO)c2n1. The largest absolute Gasteiger partial charge is 0.481 e. The topological polar surface area (TPSA) is 180 Å². The number of rotatable bonds is 27. The van der Waals surface area contributed by atoms with Gasteiger partial charge in [0.2, 0.25) is 17.8 Å². The number of aliphatic carboxylic acids is 1. The first-order chi connectivity index (χ1) is 24.9. The molecule has 12 heteroatoms. The van der Waals surface area contributed by atoms with E-state index >= 15 is 0 Å². The zero-order valence-electron chi connectivity index (χ0n) is 29.9. The third-order valence-electron chi connectivity index (χ3n) is 7.88. The molecule has 0 spiro atoms. The van der Waals surface area contributed by atoms with Crippen molar-refractivity contribution in [1.82, 2.24) is 24.8 Å². The zero-order chi connectivity index (χ0) is 36.9. The zero-order valence-corrected chi connectivity index (χ0v) is 29.9. The van der Waals surface area contributed by atoms with Crippen LogP contribution in [0.15, 0.2) is 85.4 Å². The van der Waals surface area contributed by atoms with Crippen molar-refractivity contribution in [1.29, 1.82) is 0 Å². The Morgan fingerprint density at radius 3 is 1.96 bits per heavy atom. The highest BCUT2D eigenvalue weighted by atomic mass is 16.4. The van der Waals surface area contributed by atoms with Gasteiger partial charge < -0.3 is 25.2 Å². The van der Waals surface area contributed by atoms with E-state index in [1.165, 1.54) is 6.20 Å². The molecule has 2 aromatic heterocycles. The van der Waals surface area contributed by atoms with E-state index in [9.17, 15) is 29.7 Å². The molecule has 51 heavy (non-hydrogen) atoms. The summed E-state index contributed by atoms with van der Waals surface area (Å²) in [5.74, 6) is -3.67. The summed E-state index contributed by atoms with van der Waals surface area (Å²) in [6, 6.07) is 0. The summed E-state index contributed by atoms with van der Waals surface area (Å²) in [6.45, 7) is 2.68. The van der Waals surface area contributed by atoms with Crippen molar-refractivity contribution >= 4 is 34.9 Å². The Morgan fingerprint density at radius 2 is 1.39 bits per heavy atom. The molecule has 1 unspecified atom stereocenters. The second-order valence-corrected chi connectivity index (χ2v) is 12.0. The Labute approximate surface area is 301 Å². The number of anilines is 1. The van der Waals surface area contributed by atoms with Crippen molar-refractivity contribution in [3.8, 4) is 0 Å². The molecule has 12 nitrogen and oxygen atoms in total. The number of aryl methyl sites for hydroxylation is 1. The molecule has 0 aliphatic rings. The van der Waals surface area contributed by atoms with Crippen molar-refractivity contribution < 1.29 is 29.7 Å². The lowest BCUT2D eigenvalue weighted by Gasteiger charge is -2.13. The van der Waals surface area contributed by atoms with Crippen LogP contribution in [0, 0.1) is 11.8 Å². The van der Waals surface area contributed by atoms with Gasteiger partial charge in [-0.2, -0.15) is 4.98 Å². The van der Waals surface area contributed by atoms with Gasteiger partial charge in [0.1, 0.15) is 11.4 Å². The highest BCUT2D eigenvalue weighted by Crippen LogP contribution is 2.16. The van der Waals surface area contributed by atoms with Gasteiger partial charge in [0.15, 0.2) is 5.65 Å². The Morgan fingerprint density at radius 1 is 0.804 bits per heavy atom. The van der Waals surface area contributed by atoms with Gasteiger partial charge in [-0.3, -0.25) is 19.7 Å². The van der Waals surface area contributed by atoms with Crippen LogP contribution in [-0.2, 0) is 20.9 Å². The van der Waals surface area contributed by atoms with E-state index in [0.717, 1.165) is 38.5 Å². The molecule has 0 aliphatic carbocycles. The van der Waals surface area contributed by atoms with Crippen molar-refractivity contribution in [2.45, 2.75) is 90.5 Å². The summed E-state index contributed by atoms with van der Waals surface area (Å²) in [4.78, 5) is 49.4. The highest BCUT2D eigenvalue weighted by molar-refractivity contribution is 6.03. The molecule has 2 heterocycles. The molecular weight excluding hydrogens is 648 g/mol. The lowest BCUT2D eigenvalue weighted by Crippen LogP contribution is -2.30. The van der Waals surface area contributed by atoms with Crippen molar-refractivity contribution in [3.05, 3.63) is 85.4 Å². The van der Waals surface area contributed by atoms with E-state index in [4.69, 9.17) is 0 Å². The maximum Gasteiger partial charge on any atom is 0.316 e. The van der Waals surface area contributed by atoms with E-state index in [1.807, 2.05) is 12.2 Å². The maximum atomic E-state index is 12.8. The number of imidazole rings is 1. The van der Waals surface area contributed by atoms with E-state index in [1.54, 1.807) is 10.9 Å². The summed E-state index contributed by atoms with van der Waals surface area (Å²) in [7, 11) is 0. The number of hydrogen-bond acceptors (Lipinski definition) is 8. The molecule has 278 valence electrons. The summed E-state index contributed by atoms with van der Waals surface area (Å²) in [5.41, 5.74) is 0.935. The molecule has 2 amide bonds. The lowest BCUT2D eigenvalue weighted by molar-refractivity contribution is -0.145. The number of unbranched alkanes of at least 4 members (excludes halogenated alkanes) is 1. The third kappa shape index (κ3) is 18.8. The number of nitrogens with zero attached hydrogens (tertiary/aromatic N) is 4. The van der Waals surface area contributed by atoms with Crippen LogP contribution in [-0.4, -0.2) is 72.4 Å². The monoisotopic (exact) mass is 704 g/mol. The molecule has 0 fully saturated rings. The average Bonchev–Trinajstić information content (AvgIpc) is 3.53. The normalized spacial score (nSPS) is 13.0. The molecule has 2 rings (SSSR count). The Kier molecular flexibility index (Phi) is 22.6. The van der Waals surface area contributed by atoms with E-state index in [2.05, 4.69) is 93.3 Å². The predicted molar refractivity (Wildman–Crippen MR) is 202 cm³/mol. The van der Waals surface area contributed by atoms with Crippen LogP contribution in [0.25, 0.3) is 11.2 Å². The first kappa shape index (κ1) is 42.5. The first-order valence-corrected chi connectivity index (χ1v) is 18.0. The van der Waals surface area contributed by atoms with Gasteiger partial charge in [-0.1, -0.05) is 86.3 Å². The van der Waals surface area contributed by atoms with Crippen LogP contribution >= 0.6 is 0 Å². The van der Waals surface area contributed by atoms with E-state index in [-0.39, 0.29) is 37.4 Å². The number of fused-ring (bicyclic) bond motifs is 1. The molecular formula is C39H56N6O6. The van der Waals surface area contributed by atoms with Crippen LogP contribution in [0.3, 0.4) is 0 Å². The molecule has 2 aromatic rings. The number of aromatic nitrogens is 4. The number of carbonyl (C=O) groups is 3. The molecule has 1 atom stereocenters. The molecule has 0 saturated heterocycles. The van der Waals surface area contributed by atoms with Gasteiger partial charge >= 0.3 is 5.97 Å². The van der Waals surface area contributed by atoms with Gasteiger partial charge in [0.25, 0.3) is 0 Å². The highest BCUT2D eigenvalue weighted by Gasteiger charge is 2.26. The van der Waals surface area contributed by atoms with Gasteiger partial charge in [-0.05, 0) is 64.2 Å². The summed E-state index contributed by atoms with van der Waals surface area (Å²) in [5, 5.41) is 33.6. The number of carboxylic acids is 1. The number of amides is 2. The maximum absolute atomic E-state index is 12.8. The van der Waals surface area contributed by atoms with Gasteiger partial charge in [-0.25, -0.2) is 9.97 Å². The number of carbonyl (C=O) groups excluding carboxylic acids is 2. The summed E-state index contributed by atoms with van der Waals surface area (Å²) >= 11 is 0. The minimum absolute atomic E-state index is 0.0412. The number of aliphatic hydroxyl groups excluding tert-OH is 2. The smallest absolute Gasteiger partial charge is 0.316 e. The second-order valence-electron chi connectivity index (χ2n) is 12.0. The first-order valence-electron chi connectivity index (χ1n) is 18.0. The fourth-order valence-electron chi connectivity index (χ4n) is 4.85. The minimum Gasteiger partial charge on any atom is -0.481 e. The molecule has 0 bridgehead atoms. The standard InChI is InChI=1S/C39H56N6O6/c1-2-3-4-5-6-7-8-9-10-11-12-13-14-15-16-17-18-19-20-24-35(48)40-26-22-21-23-33(38(50)51)37(49)44-39-41-28-34-36(43-39)45(31-42-34)27-25-32(29-46)30-47/h3-4,6-7,9-10,12-13,15-16,18-19,28,31-33,46-47H,2,5,8,11,14,17,20-27,29-30H2,1H3,(H,40,48)(H,50,51)(H,41,43,44,49). The van der Waals surface area contributed by atoms with E-state index < -0.39 is 17.8 Å². The number of carboxylic acid groups (broad SMARTS) is 1. The minimum atomic E-state index is -1.30. The van der Waals surface area contributed by atoms with E-state index in [0.29, 0.717) is 56.4 Å². The number of aliphatic hydroxyl groups is 2. The number of allylic oxidation sites excluding steroid dienone is 12. The molecule has 0 aromatic carbocycles. The van der Waals surface area contributed by atoms with Gasteiger partial charge in [0, 0.05) is 38.6 Å². The van der Waals surface area contributed by atoms with Crippen LogP contribution in [0.2, 0.25) is 0 Å². The van der Waals surface area contributed by atoms with Crippen LogP contribution < -0.4 is 10.6 Å². The van der Waals surface area contributed by atoms with Crippen LogP contribution in [0.4, 0.5) is 5.95 Å². The second kappa shape index (κ2) is 27.1. The Bertz CT molecular complexity index is 1490. The lowest BCUT2D eigenvalue weighted by atomic mass is 10.0. The fraction of sp³-hybridized carbons (Fsp3) is 0.487. The van der Waals surface area contributed by atoms with Gasteiger partial charge in [-0.15, -0.1) is 0 Å². The van der Waals surface area contributed by atoms with Crippen molar-refractivity contribution in [3.63, 3.8) is 0 Å². The summed E-state index contributed by atoms with van der Waals surface area (Å²) in [6.07, 6.45) is 37.0. The number of hydrogen-bond donors (Lipinski definition) is 5. The molecule has 0 saturated carbocycles. The quantitative estimate of drug-likeness (QED) is 0.0410. The number of nitrogens with one attached hydrogen (secondary N) is 2. The average molecular weight is 705 g/mol. The van der Waals surface area contributed by atoms with Crippen molar-refractivity contribution in [2.24, 2.45) is 11.8 Å². The molecule has 0 aliphatic heterocycles. The van der Waals surface area contributed by atoms with Gasteiger partial charge in [0.05, 0.1) is 12.5 Å².